The summed E-state index contributed by atoms with van der Waals surface area (Å²) in [7, 11) is 1.58. The van der Waals surface area contributed by atoms with Gasteiger partial charge < -0.3 is 15.8 Å². The molecule has 2 atom stereocenters. The summed E-state index contributed by atoms with van der Waals surface area (Å²) >= 11 is 12.1. The minimum atomic E-state index is 0.190. The third-order valence-electron chi connectivity index (χ3n) is 3.76. The van der Waals surface area contributed by atoms with Crippen molar-refractivity contribution in [2.75, 3.05) is 12.4 Å². The Hall–Kier alpha value is -1.91. The van der Waals surface area contributed by atoms with Crippen molar-refractivity contribution in [3.8, 4) is 5.75 Å². The fourth-order valence-corrected chi connectivity index (χ4v) is 2.98. The van der Waals surface area contributed by atoms with Gasteiger partial charge in [0.2, 0.25) is 0 Å². The predicted molar refractivity (Wildman–Crippen MR) is 95.8 cm³/mol. The lowest BCUT2D eigenvalue weighted by molar-refractivity contribution is 0.415. The Morgan fingerprint density at radius 1 is 1.26 bits per heavy atom. The van der Waals surface area contributed by atoms with Gasteiger partial charge in [-0.3, -0.25) is 0 Å². The van der Waals surface area contributed by atoms with E-state index in [1.54, 1.807) is 19.2 Å². The third kappa shape index (κ3) is 3.89. The van der Waals surface area contributed by atoms with Gasteiger partial charge in [0.25, 0.3) is 0 Å². The topological polar surface area (TPSA) is 59.6 Å². The molecular formula is C17H17Cl2N3O. The fraction of sp³-hybridized carbons (Fsp3) is 0.235. The van der Waals surface area contributed by atoms with E-state index in [-0.39, 0.29) is 6.04 Å². The number of nitrogens with zero attached hydrogens (tertiary/aromatic N) is 1. The van der Waals surface area contributed by atoms with Gasteiger partial charge >= 0.3 is 0 Å². The van der Waals surface area contributed by atoms with Crippen molar-refractivity contribution < 1.29 is 4.74 Å². The van der Waals surface area contributed by atoms with E-state index in [2.05, 4.69) is 16.4 Å². The SMILES string of the molecule is COc1ccc(NC(N)=NC2CC2c2cccc(Cl)c2)cc1Cl. The molecule has 1 aliphatic carbocycles. The molecule has 0 aliphatic heterocycles. The van der Waals surface area contributed by atoms with E-state index < -0.39 is 0 Å². The average molecular weight is 350 g/mol. The second-order valence-corrected chi connectivity index (χ2v) is 6.30. The van der Waals surface area contributed by atoms with Crippen LogP contribution in [0.5, 0.6) is 5.75 Å². The van der Waals surface area contributed by atoms with Gasteiger partial charge in [0, 0.05) is 16.6 Å². The summed E-state index contributed by atoms with van der Waals surface area (Å²) in [4.78, 5) is 4.51. The maximum Gasteiger partial charge on any atom is 0.193 e. The van der Waals surface area contributed by atoms with Crippen molar-refractivity contribution in [2.24, 2.45) is 10.7 Å². The number of guanidine groups is 1. The number of hydrogen-bond donors (Lipinski definition) is 2. The zero-order valence-electron chi connectivity index (χ0n) is 12.6. The molecule has 0 amide bonds. The van der Waals surface area contributed by atoms with Gasteiger partial charge in [-0.2, -0.15) is 0 Å². The molecule has 2 unspecified atom stereocenters. The van der Waals surface area contributed by atoms with Crippen LogP contribution in [0.4, 0.5) is 5.69 Å². The molecule has 120 valence electrons. The molecule has 2 aromatic carbocycles. The van der Waals surface area contributed by atoms with Crippen LogP contribution in [0.25, 0.3) is 0 Å². The molecule has 1 aliphatic rings. The molecule has 1 fully saturated rings. The standard InChI is InChI=1S/C17H17Cl2N3O/c1-23-16-6-5-12(8-14(16)19)21-17(20)22-15-9-13(15)10-3-2-4-11(18)7-10/h2-8,13,15H,9H2,1H3,(H3,20,21,22). The summed E-state index contributed by atoms with van der Waals surface area (Å²) in [5.74, 6) is 1.38. The van der Waals surface area contributed by atoms with E-state index in [1.165, 1.54) is 5.56 Å². The van der Waals surface area contributed by atoms with Gasteiger partial charge in [-0.15, -0.1) is 0 Å². The second-order valence-electron chi connectivity index (χ2n) is 5.45. The first-order chi connectivity index (χ1) is 11.1. The highest BCUT2D eigenvalue weighted by molar-refractivity contribution is 6.32. The monoisotopic (exact) mass is 349 g/mol. The zero-order chi connectivity index (χ0) is 16.4. The van der Waals surface area contributed by atoms with Crippen LogP contribution >= 0.6 is 23.2 Å². The highest BCUT2D eigenvalue weighted by atomic mass is 35.5. The van der Waals surface area contributed by atoms with Crippen LogP contribution in [0, 0.1) is 0 Å². The second kappa shape index (κ2) is 6.69. The van der Waals surface area contributed by atoms with Crippen LogP contribution in [-0.4, -0.2) is 19.1 Å². The van der Waals surface area contributed by atoms with Gasteiger partial charge in [0.1, 0.15) is 5.75 Å². The van der Waals surface area contributed by atoms with Crippen molar-refractivity contribution >= 4 is 34.8 Å². The largest absolute Gasteiger partial charge is 0.495 e. The normalized spacial score (nSPS) is 20.2. The number of rotatable bonds is 4. The molecule has 4 nitrogen and oxygen atoms in total. The van der Waals surface area contributed by atoms with Crippen LogP contribution in [0.2, 0.25) is 10.0 Å². The van der Waals surface area contributed by atoms with Crippen molar-refractivity contribution in [3.63, 3.8) is 0 Å². The van der Waals surface area contributed by atoms with Gasteiger partial charge in [-0.05, 0) is 42.3 Å². The van der Waals surface area contributed by atoms with Crippen LogP contribution < -0.4 is 15.8 Å². The predicted octanol–water partition coefficient (Wildman–Crippen LogP) is 4.28. The minimum absolute atomic E-state index is 0.190. The van der Waals surface area contributed by atoms with Gasteiger partial charge in [0.15, 0.2) is 5.96 Å². The molecule has 2 aromatic rings. The highest BCUT2D eigenvalue weighted by Crippen LogP contribution is 2.44. The van der Waals surface area contributed by atoms with Crippen LogP contribution in [-0.2, 0) is 0 Å². The van der Waals surface area contributed by atoms with Crippen LogP contribution in [0.15, 0.2) is 47.5 Å². The first-order valence-electron chi connectivity index (χ1n) is 7.26. The summed E-state index contributed by atoms with van der Waals surface area (Å²) < 4.78 is 5.12. The Morgan fingerprint density at radius 3 is 2.78 bits per heavy atom. The number of nitrogens with two attached hydrogens (primary N) is 1. The Balaban J connectivity index is 1.64. The van der Waals surface area contributed by atoms with E-state index in [0.29, 0.717) is 22.6 Å². The number of benzene rings is 2. The lowest BCUT2D eigenvalue weighted by Gasteiger charge is -2.08. The molecule has 3 rings (SSSR count). The lowest BCUT2D eigenvalue weighted by atomic mass is 10.1. The fourth-order valence-electron chi connectivity index (χ4n) is 2.52. The molecule has 6 heteroatoms. The van der Waals surface area contributed by atoms with Gasteiger partial charge in [-0.1, -0.05) is 35.3 Å². The third-order valence-corrected chi connectivity index (χ3v) is 4.29. The molecule has 0 heterocycles. The molecular weight excluding hydrogens is 333 g/mol. The van der Waals surface area contributed by atoms with Crippen LogP contribution in [0.3, 0.4) is 0 Å². The molecule has 0 spiro atoms. The summed E-state index contributed by atoms with van der Waals surface area (Å²) in [6, 6.07) is 13.4. The van der Waals surface area contributed by atoms with E-state index >= 15 is 0 Å². The molecule has 23 heavy (non-hydrogen) atoms. The van der Waals surface area contributed by atoms with E-state index in [9.17, 15) is 0 Å². The number of methoxy groups -OCH3 is 1. The molecule has 1 saturated carbocycles. The highest BCUT2D eigenvalue weighted by Gasteiger charge is 2.38. The van der Waals surface area contributed by atoms with E-state index in [4.69, 9.17) is 33.7 Å². The number of halogens is 2. The summed E-state index contributed by atoms with van der Waals surface area (Å²) in [6.45, 7) is 0. The average Bonchev–Trinajstić information content (AvgIpc) is 3.26. The molecule has 0 bridgehead atoms. The molecule has 3 N–H and O–H groups in total. The lowest BCUT2D eigenvalue weighted by Crippen LogP contribution is -2.23. The maximum absolute atomic E-state index is 6.09. The van der Waals surface area contributed by atoms with Gasteiger partial charge in [0.05, 0.1) is 18.2 Å². The zero-order valence-corrected chi connectivity index (χ0v) is 14.1. The van der Waals surface area contributed by atoms with Crippen molar-refractivity contribution in [2.45, 2.75) is 18.4 Å². The van der Waals surface area contributed by atoms with Crippen molar-refractivity contribution in [1.29, 1.82) is 0 Å². The number of aliphatic imine (C=N–C) groups is 1. The number of hydrogen-bond acceptors (Lipinski definition) is 2. The van der Waals surface area contributed by atoms with Crippen molar-refractivity contribution in [3.05, 3.63) is 58.1 Å². The number of anilines is 1. The first kappa shape index (κ1) is 16.0. The first-order valence-corrected chi connectivity index (χ1v) is 8.01. The Bertz CT molecular complexity index is 748. The quantitative estimate of drug-likeness (QED) is 0.639. The van der Waals surface area contributed by atoms with E-state index in [0.717, 1.165) is 17.1 Å². The Kier molecular flexibility index (Phi) is 4.64. The number of ether oxygens (including phenoxy) is 1. The van der Waals surface area contributed by atoms with E-state index in [1.807, 2.05) is 24.3 Å². The summed E-state index contributed by atoms with van der Waals surface area (Å²) in [5.41, 5.74) is 7.95. The molecule has 0 aromatic heterocycles. The smallest absolute Gasteiger partial charge is 0.193 e. The van der Waals surface area contributed by atoms with Gasteiger partial charge in [-0.25, -0.2) is 4.99 Å². The molecule has 0 radical (unpaired) electrons. The minimum Gasteiger partial charge on any atom is -0.495 e. The van der Waals surface area contributed by atoms with Crippen LogP contribution in [0.1, 0.15) is 17.9 Å². The maximum atomic E-state index is 6.09. The summed E-state index contributed by atoms with van der Waals surface area (Å²) in [6.07, 6.45) is 0.978. The number of nitrogens with one attached hydrogen (secondary N) is 1. The summed E-state index contributed by atoms with van der Waals surface area (Å²) in [5, 5.41) is 4.32. The Labute approximate surface area is 145 Å². The molecule has 0 saturated heterocycles. The Morgan fingerprint density at radius 2 is 2.09 bits per heavy atom. The van der Waals surface area contributed by atoms with Crippen molar-refractivity contribution in [1.82, 2.24) is 0 Å².